The highest BCUT2D eigenvalue weighted by atomic mass is 35.5. The molecular formula is C27H24ClF5N8. The third-order valence-corrected chi connectivity index (χ3v) is 7.35. The maximum atomic E-state index is 15.5. The summed E-state index contributed by atoms with van der Waals surface area (Å²) >= 11 is 6.54. The molecule has 0 bridgehead atoms. The molecule has 0 saturated heterocycles. The Hall–Kier alpha value is -4.05. The second-order valence-corrected chi connectivity index (χ2v) is 11.0. The van der Waals surface area contributed by atoms with Gasteiger partial charge in [0.25, 0.3) is 0 Å². The van der Waals surface area contributed by atoms with Gasteiger partial charge in [0, 0.05) is 35.1 Å². The summed E-state index contributed by atoms with van der Waals surface area (Å²) in [6.45, 7) is 3.13. The van der Waals surface area contributed by atoms with E-state index >= 15 is 4.39 Å². The third kappa shape index (κ3) is 5.48. The Labute approximate surface area is 236 Å². The van der Waals surface area contributed by atoms with E-state index in [4.69, 9.17) is 11.6 Å². The summed E-state index contributed by atoms with van der Waals surface area (Å²) in [6, 6.07) is 6.51. The van der Waals surface area contributed by atoms with Crippen molar-refractivity contribution in [1.29, 1.82) is 5.26 Å². The van der Waals surface area contributed by atoms with Crippen LogP contribution in [0.5, 0.6) is 0 Å². The lowest BCUT2D eigenvalue weighted by Crippen LogP contribution is -2.38. The zero-order valence-electron chi connectivity index (χ0n) is 22.1. The molecule has 1 atom stereocenters. The van der Waals surface area contributed by atoms with Crippen LogP contribution in [0.1, 0.15) is 61.3 Å². The van der Waals surface area contributed by atoms with E-state index in [0.29, 0.717) is 11.3 Å². The molecule has 41 heavy (non-hydrogen) atoms. The molecule has 0 spiro atoms. The van der Waals surface area contributed by atoms with E-state index in [0.717, 1.165) is 32.8 Å². The van der Waals surface area contributed by atoms with Crippen LogP contribution in [-0.4, -0.2) is 37.7 Å². The molecule has 0 unspecified atom stereocenters. The molecule has 1 aliphatic rings. The van der Waals surface area contributed by atoms with Gasteiger partial charge in [0.2, 0.25) is 11.9 Å². The summed E-state index contributed by atoms with van der Waals surface area (Å²) in [5.74, 6) is -1.38. The van der Waals surface area contributed by atoms with Crippen molar-refractivity contribution in [3.8, 4) is 6.07 Å². The second-order valence-electron chi connectivity index (χ2n) is 10.6. The number of aromatic nitrogens is 5. The summed E-state index contributed by atoms with van der Waals surface area (Å²) in [5, 5.41) is 24.0. The quantitative estimate of drug-likeness (QED) is 0.170. The standard InChI is InChI=1S/C27H24ClF5N8/c1-13-17(6-7-20(29)37-13)23(24-25(30)41(40-39-24)16-4-5-16)38-15-8-18-21(36-12-26(2,3)27(31,32)33)14(10-34)11-35-22(18)19(28)9-15/h6-9,11,16,23,38H,4-5,12H2,1-3H3,(H,35,36)/t23-/m0/s1. The average Bonchev–Trinajstić information content (AvgIpc) is 3.67. The van der Waals surface area contributed by atoms with Gasteiger partial charge in [-0.1, -0.05) is 22.9 Å². The summed E-state index contributed by atoms with van der Waals surface area (Å²) in [6.07, 6.45) is -1.74. The van der Waals surface area contributed by atoms with E-state index < -0.39 is 36.1 Å². The predicted molar refractivity (Wildman–Crippen MR) is 142 cm³/mol. The Bertz CT molecular complexity index is 1670. The van der Waals surface area contributed by atoms with Crippen LogP contribution < -0.4 is 10.6 Å². The predicted octanol–water partition coefficient (Wildman–Crippen LogP) is 6.87. The van der Waals surface area contributed by atoms with Crippen LogP contribution in [0.25, 0.3) is 10.9 Å². The van der Waals surface area contributed by atoms with Gasteiger partial charge in [-0.2, -0.15) is 27.2 Å². The molecule has 214 valence electrons. The first-order valence-electron chi connectivity index (χ1n) is 12.6. The Kier molecular flexibility index (Phi) is 7.23. The summed E-state index contributed by atoms with van der Waals surface area (Å²) < 4.78 is 71.2. The monoisotopic (exact) mass is 590 g/mol. The Morgan fingerprint density at radius 1 is 1.20 bits per heavy atom. The maximum Gasteiger partial charge on any atom is 0.395 e. The Balaban J connectivity index is 1.60. The van der Waals surface area contributed by atoms with Gasteiger partial charge >= 0.3 is 6.18 Å². The van der Waals surface area contributed by atoms with Crippen molar-refractivity contribution in [2.75, 3.05) is 17.2 Å². The lowest BCUT2D eigenvalue weighted by atomic mass is 9.92. The number of fused-ring (bicyclic) bond motifs is 1. The molecule has 1 aliphatic carbocycles. The van der Waals surface area contributed by atoms with Gasteiger partial charge in [-0.25, -0.2) is 9.67 Å². The molecule has 1 fully saturated rings. The first-order chi connectivity index (χ1) is 19.3. The van der Waals surface area contributed by atoms with Crippen LogP contribution in [0.4, 0.5) is 33.3 Å². The molecule has 0 aliphatic heterocycles. The minimum absolute atomic E-state index is 0.0113. The van der Waals surface area contributed by atoms with Crippen LogP contribution in [0.15, 0.2) is 30.5 Å². The van der Waals surface area contributed by atoms with Gasteiger partial charge in [0.1, 0.15) is 17.8 Å². The lowest BCUT2D eigenvalue weighted by molar-refractivity contribution is -0.206. The first-order valence-corrected chi connectivity index (χ1v) is 13.0. The Morgan fingerprint density at radius 2 is 1.93 bits per heavy atom. The number of alkyl halides is 3. The van der Waals surface area contributed by atoms with Crippen LogP contribution in [0.3, 0.4) is 0 Å². The minimum atomic E-state index is -4.50. The van der Waals surface area contributed by atoms with Crippen LogP contribution in [0, 0.1) is 35.6 Å². The van der Waals surface area contributed by atoms with Crippen molar-refractivity contribution >= 4 is 33.9 Å². The number of nitriles is 1. The second kappa shape index (κ2) is 10.4. The van der Waals surface area contributed by atoms with Gasteiger partial charge in [0.15, 0.2) is 0 Å². The van der Waals surface area contributed by atoms with Gasteiger partial charge in [-0.3, -0.25) is 4.98 Å². The van der Waals surface area contributed by atoms with Crippen molar-refractivity contribution < 1.29 is 22.0 Å². The number of benzene rings is 1. The summed E-state index contributed by atoms with van der Waals surface area (Å²) in [4.78, 5) is 8.09. The number of aryl methyl sites for hydroxylation is 1. The number of nitrogens with zero attached hydrogens (tertiary/aromatic N) is 6. The number of nitrogens with one attached hydrogen (secondary N) is 2. The molecule has 1 saturated carbocycles. The highest BCUT2D eigenvalue weighted by Crippen LogP contribution is 2.41. The van der Waals surface area contributed by atoms with Crippen molar-refractivity contribution in [2.45, 2.75) is 51.9 Å². The molecule has 5 rings (SSSR count). The number of anilines is 2. The number of hydrogen-bond acceptors (Lipinski definition) is 7. The largest absolute Gasteiger partial charge is 0.395 e. The van der Waals surface area contributed by atoms with Crippen molar-refractivity contribution in [3.05, 3.63) is 69.9 Å². The van der Waals surface area contributed by atoms with E-state index in [9.17, 15) is 22.8 Å². The van der Waals surface area contributed by atoms with Crippen molar-refractivity contribution in [2.24, 2.45) is 5.41 Å². The molecule has 0 amide bonds. The fraction of sp³-hybridized carbons (Fsp3) is 0.370. The van der Waals surface area contributed by atoms with Crippen LogP contribution in [-0.2, 0) is 0 Å². The van der Waals surface area contributed by atoms with Crippen molar-refractivity contribution in [1.82, 2.24) is 25.0 Å². The minimum Gasteiger partial charge on any atom is -0.382 e. The van der Waals surface area contributed by atoms with E-state index in [1.54, 1.807) is 13.0 Å². The number of pyridine rings is 2. The van der Waals surface area contributed by atoms with Gasteiger partial charge < -0.3 is 10.6 Å². The maximum absolute atomic E-state index is 15.5. The highest BCUT2D eigenvalue weighted by Gasteiger charge is 2.47. The van der Waals surface area contributed by atoms with Gasteiger partial charge in [-0.15, -0.1) is 5.10 Å². The topological polar surface area (TPSA) is 104 Å². The number of rotatable bonds is 8. The van der Waals surface area contributed by atoms with E-state index in [1.165, 1.54) is 23.0 Å². The van der Waals surface area contributed by atoms with E-state index in [-0.39, 0.29) is 44.6 Å². The highest BCUT2D eigenvalue weighted by molar-refractivity contribution is 6.35. The van der Waals surface area contributed by atoms with E-state index in [2.05, 4.69) is 30.9 Å². The number of halogens is 6. The normalized spacial score (nSPS) is 14.6. The zero-order valence-corrected chi connectivity index (χ0v) is 22.9. The van der Waals surface area contributed by atoms with Gasteiger partial charge in [0.05, 0.1) is 33.2 Å². The zero-order chi connectivity index (χ0) is 29.7. The molecule has 2 N–H and O–H groups in total. The molecule has 1 aromatic carbocycles. The molecular weight excluding hydrogens is 567 g/mol. The van der Waals surface area contributed by atoms with Crippen LogP contribution in [0.2, 0.25) is 5.02 Å². The first kappa shape index (κ1) is 28.5. The fourth-order valence-electron chi connectivity index (χ4n) is 4.36. The molecule has 0 radical (unpaired) electrons. The third-order valence-electron chi connectivity index (χ3n) is 7.06. The average molecular weight is 591 g/mol. The smallest absolute Gasteiger partial charge is 0.382 e. The summed E-state index contributed by atoms with van der Waals surface area (Å²) in [7, 11) is 0. The number of hydrogen-bond donors (Lipinski definition) is 2. The van der Waals surface area contributed by atoms with Gasteiger partial charge in [-0.05, 0) is 51.8 Å². The lowest BCUT2D eigenvalue weighted by Gasteiger charge is -2.28. The SMILES string of the molecule is Cc1nc(F)ccc1[C@H](Nc1cc(Cl)c2ncc(C#N)c(NCC(C)(C)C(F)(F)F)c2c1)c1nnn(C2CC2)c1F. The molecule has 3 aromatic heterocycles. The molecule has 4 aromatic rings. The van der Waals surface area contributed by atoms with Crippen molar-refractivity contribution in [3.63, 3.8) is 0 Å². The van der Waals surface area contributed by atoms with E-state index in [1.807, 2.05) is 6.07 Å². The molecule has 8 nitrogen and oxygen atoms in total. The van der Waals surface area contributed by atoms with Crippen LogP contribution >= 0.6 is 11.6 Å². The molecule has 3 heterocycles. The Morgan fingerprint density at radius 3 is 2.56 bits per heavy atom. The molecule has 14 heteroatoms. The fourth-order valence-corrected chi connectivity index (χ4v) is 4.63. The summed E-state index contributed by atoms with van der Waals surface area (Å²) in [5.41, 5.74) is -0.799.